The summed E-state index contributed by atoms with van der Waals surface area (Å²) in [4.78, 5) is 14.5. The van der Waals surface area contributed by atoms with Gasteiger partial charge in [0.1, 0.15) is 11.9 Å². The number of carbonyl (C=O) groups is 1. The van der Waals surface area contributed by atoms with Crippen LogP contribution in [0.15, 0.2) is 47.1 Å². The first-order valence-corrected chi connectivity index (χ1v) is 7.71. The Morgan fingerprint density at radius 3 is 2.83 bits per heavy atom. The highest BCUT2D eigenvalue weighted by atomic mass is 16.4. The Morgan fingerprint density at radius 2 is 2.17 bits per heavy atom. The summed E-state index contributed by atoms with van der Waals surface area (Å²) < 4.78 is 5.23. The molecule has 23 heavy (non-hydrogen) atoms. The van der Waals surface area contributed by atoms with Gasteiger partial charge in [0.25, 0.3) is 5.91 Å². The summed E-state index contributed by atoms with van der Waals surface area (Å²) in [7, 11) is 0. The van der Waals surface area contributed by atoms with Gasteiger partial charge in [-0.1, -0.05) is 0 Å². The van der Waals surface area contributed by atoms with Crippen LogP contribution in [0, 0.1) is 11.3 Å². The van der Waals surface area contributed by atoms with E-state index in [1.165, 1.54) is 6.26 Å². The van der Waals surface area contributed by atoms with Gasteiger partial charge in [0.05, 0.1) is 17.9 Å². The van der Waals surface area contributed by atoms with Crippen molar-refractivity contribution >= 4 is 5.91 Å². The van der Waals surface area contributed by atoms with Crippen LogP contribution in [0.2, 0.25) is 0 Å². The van der Waals surface area contributed by atoms with E-state index in [1.54, 1.807) is 36.4 Å². The van der Waals surface area contributed by atoms with Crippen LogP contribution < -0.4 is 0 Å². The molecule has 1 amide bonds. The van der Waals surface area contributed by atoms with Gasteiger partial charge in [0.2, 0.25) is 0 Å². The Balaban J connectivity index is 1.70. The lowest BCUT2D eigenvalue weighted by molar-refractivity contribution is 0.0641. The minimum absolute atomic E-state index is 0.00163. The molecule has 0 radical (unpaired) electrons. The summed E-state index contributed by atoms with van der Waals surface area (Å²) in [5.41, 5.74) is 1.11. The highest BCUT2D eigenvalue weighted by molar-refractivity contribution is 5.94. The Morgan fingerprint density at radius 1 is 1.39 bits per heavy atom. The average molecular weight is 310 g/mol. The van der Waals surface area contributed by atoms with Crippen LogP contribution >= 0.6 is 0 Å². The molecule has 2 atom stereocenters. The van der Waals surface area contributed by atoms with Gasteiger partial charge >= 0.3 is 0 Å². The summed E-state index contributed by atoms with van der Waals surface area (Å²) >= 11 is 0. The molecule has 0 spiro atoms. The second kappa shape index (κ2) is 6.67. The van der Waals surface area contributed by atoms with Crippen molar-refractivity contribution in [3.8, 4) is 6.07 Å². The number of furan rings is 1. The number of benzene rings is 1. The smallest absolute Gasteiger partial charge is 0.254 e. The SMILES string of the molecule is N#Cc1ccc(C(=O)N2CCCC2CC(O)c2ccco2)cc1. The predicted octanol–water partition coefficient (Wildman–Crippen LogP) is 2.88. The second-order valence-electron chi connectivity index (χ2n) is 5.75. The number of rotatable bonds is 4. The Bertz CT molecular complexity index is 701. The minimum atomic E-state index is -0.704. The maximum atomic E-state index is 12.7. The molecule has 0 saturated carbocycles. The average Bonchev–Trinajstić information content (AvgIpc) is 3.26. The molecule has 0 bridgehead atoms. The first kappa shape index (κ1) is 15.3. The molecule has 1 aliphatic heterocycles. The monoisotopic (exact) mass is 310 g/mol. The largest absolute Gasteiger partial charge is 0.467 e. The minimum Gasteiger partial charge on any atom is -0.467 e. The first-order valence-electron chi connectivity index (χ1n) is 7.71. The first-order chi connectivity index (χ1) is 11.2. The van der Waals surface area contributed by atoms with Crippen molar-refractivity contribution in [3.05, 3.63) is 59.5 Å². The topological polar surface area (TPSA) is 77.5 Å². The van der Waals surface area contributed by atoms with Crippen molar-refractivity contribution in [3.63, 3.8) is 0 Å². The number of amides is 1. The summed E-state index contributed by atoms with van der Waals surface area (Å²) in [6, 6.07) is 12.2. The highest BCUT2D eigenvalue weighted by Gasteiger charge is 2.31. The third-order valence-electron chi connectivity index (χ3n) is 4.27. The standard InChI is InChI=1S/C18H18N2O3/c19-12-13-5-7-14(8-6-13)18(22)20-9-1-3-15(20)11-16(21)17-4-2-10-23-17/h2,4-8,10,15-16,21H,1,3,9,11H2. The van der Waals surface area contributed by atoms with Crippen LogP contribution in [0.4, 0.5) is 0 Å². The number of hydrogen-bond acceptors (Lipinski definition) is 4. The van der Waals surface area contributed by atoms with E-state index in [1.807, 2.05) is 11.0 Å². The van der Waals surface area contributed by atoms with Crippen molar-refractivity contribution in [2.24, 2.45) is 0 Å². The Hall–Kier alpha value is -2.58. The Kier molecular flexibility index (Phi) is 4.45. The number of likely N-dealkylation sites (tertiary alicyclic amines) is 1. The van der Waals surface area contributed by atoms with E-state index in [0.717, 1.165) is 12.8 Å². The van der Waals surface area contributed by atoms with Crippen LogP contribution in [0.5, 0.6) is 0 Å². The predicted molar refractivity (Wildman–Crippen MR) is 83.5 cm³/mol. The molecule has 3 rings (SSSR count). The number of hydrogen-bond donors (Lipinski definition) is 1. The molecule has 1 aromatic heterocycles. The fourth-order valence-corrected chi connectivity index (χ4v) is 3.06. The van der Waals surface area contributed by atoms with Crippen molar-refractivity contribution in [2.75, 3.05) is 6.54 Å². The molecule has 118 valence electrons. The fourth-order valence-electron chi connectivity index (χ4n) is 3.06. The molecular weight excluding hydrogens is 292 g/mol. The number of carbonyl (C=O) groups excluding carboxylic acids is 1. The maximum Gasteiger partial charge on any atom is 0.254 e. The highest BCUT2D eigenvalue weighted by Crippen LogP contribution is 2.28. The molecule has 5 heteroatoms. The zero-order chi connectivity index (χ0) is 16.2. The zero-order valence-corrected chi connectivity index (χ0v) is 12.7. The lowest BCUT2D eigenvalue weighted by atomic mass is 10.0. The number of nitriles is 1. The van der Waals surface area contributed by atoms with Gasteiger partial charge in [0, 0.05) is 24.6 Å². The van der Waals surface area contributed by atoms with E-state index in [4.69, 9.17) is 9.68 Å². The van der Waals surface area contributed by atoms with Crippen molar-refractivity contribution in [1.29, 1.82) is 5.26 Å². The quantitative estimate of drug-likeness (QED) is 0.942. The molecule has 1 aliphatic rings. The van der Waals surface area contributed by atoms with E-state index < -0.39 is 6.10 Å². The molecule has 1 fully saturated rings. The van der Waals surface area contributed by atoms with Gasteiger partial charge in [-0.05, 0) is 49.2 Å². The summed E-state index contributed by atoms with van der Waals surface area (Å²) in [5, 5.41) is 19.1. The molecule has 2 heterocycles. The molecule has 2 aromatic rings. The van der Waals surface area contributed by atoms with E-state index >= 15 is 0 Å². The van der Waals surface area contributed by atoms with Gasteiger partial charge in [-0.3, -0.25) is 4.79 Å². The lowest BCUT2D eigenvalue weighted by Crippen LogP contribution is -2.36. The van der Waals surface area contributed by atoms with Crippen LogP contribution in [0.3, 0.4) is 0 Å². The van der Waals surface area contributed by atoms with Gasteiger partial charge in [-0.2, -0.15) is 5.26 Å². The molecule has 0 aliphatic carbocycles. The van der Waals surface area contributed by atoms with Crippen LogP contribution in [-0.4, -0.2) is 28.5 Å². The fraction of sp³-hybridized carbons (Fsp3) is 0.333. The molecule has 1 aromatic carbocycles. The second-order valence-corrected chi connectivity index (χ2v) is 5.75. The normalized spacial score (nSPS) is 18.6. The molecule has 1 saturated heterocycles. The maximum absolute atomic E-state index is 12.7. The number of aliphatic hydroxyl groups is 1. The van der Waals surface area contributed by atoms with E-state index in [2.05, 4.69) is 0 Å². The van der Waals surface area contributed by atoms with Crippen LogP contribution in [0.1, 0.15) is 47.0 Å². The summed E-state index contributed by atoms with van der Waals surface area (Å²) in [6.45, 7) is 0.689. The summed E-state index contributed by atoms with van der Waals surface area (Å²) in [5.74, 6) is 0.478. The molecule has 2 unspecified atom stereocenters. The summed E-state index contributed by atoms with van der Waals surface area (Å²) in [6.07, 6.45) is 3.10. The van der Waals surface area contributed by atoms with Crippen LogP contribution in [-0.2, 0) is 0 Å². The number of aliphatic hydroxyl groups excluding tert-OH is 1. The van der Waals surface area contributed by atoms with E-state index in [9.17, 15) is 9.90 Å². The third-order valence-corrected chi connectivity index (χ3v) is 4.27. The van der Waals surface area contributed by atoms with Gasteiger partial charge < -0.3 is 14.4 Å². The van der Waals surface area contributed by atoms with Gasteiger partial charge in [0.15, 0.2) is 0 Å². The molecular formula is C18H18N2O3. The van der Waals surface area contributed by atoms with Crippen LogP contribution in [0.25, 0.3) is 0 Å². The number of nitrogens with zero attached hydrogens (tertiary/aromatic N) is 2. The van der Waals surface area contributed by atoms with Crippen molar-refractivity contribution in [1.82, 2.24) is 4.90 Å². The molecule has 5 nitrogen and oxygen atoms in total. The van der Waals surface area contributed by atoms with Crippen molar-refractivity contribution in [2.45, 2.75) is 31.4 Å². The lowest BCUT2D eigenvalue weighted by Gasteiger charge is -2.26. The van der Waals surface area contributed by atoms with E-state index in [0.29, 0.717) is 29.9 Å². The Labute approximate surface area is 134 Å². The zero-order valence-electron chi connectivity index (χ0n) is 12.7. The van der Waals surface area contributed by atoms with E-state index in [-0.39, 0.29) is 11.9 Å². The van der Waals surface area contributed by atoms with Gasteiger partial charge in [-0.25, -0.2) is 0 Å². The van der Waals surface area contributed by atoms with Gasteiger partial charge in [-0.15, -0.1) is 0 Å². The third kappa shape index (κ3) is 3.27. The molecule has 1 N–H and O–H groups in total. The van der Waals surface area contributed by atoms with Crippen molar-refractivity contribution < 1.29 is 14.3 Å².